The number of benzene rings is 1. The molecule has 0 heterocycles. The fourth-order valence-corrected chi connectivity index (χ4v) is 1.92. The number of thioether (sulfide) groups is 1. The van der Waals surface area contributed by atoms with Crippen LogP contribution in [0.25, 0.3) is 0 Å². The summed E-state index contributed by atoms with van der Waals surface area (Å²) in [6.07, 6.45) is 7.69. The Morgan fingerprint density at radius 1 is 1.12 bits per heavy atom. The second-order valence-electron chi connectivity index (χ2n) is 3.65. The molecule has 3 heteroatoms. The molecule has 0 radical (unpaired) electrons. The summed E-state index contributed by atoms with van der Waals surface area (Å²) >= 11 is 1.73. The Balaban J connectivity index is 2.04. The molecular formula is C13H15NOS. The molecule has 84 valence electrons. The van der Waals surface area contributed by atoms with Crippen molar-refractivity contribution >= 4 is 11.8 Å². The molecule has 0 spiro atoms. The summed E-state index contributed by atoms with van der Waals surface area (Å²) in [5.41, 5.74) is 6.61. The fraction of sp³-hybridized carbons (Fsp3) is 0.231. The molecule has 1 aromatic carbocycles. The second-order valence-corrected chi connectivity index (χ2v) is 4.53. The molecule has 0 atom stereocenters. The van der Waals surface area contributed by atoms with Crippen molar-refractivity contribution in [1.29, 1.82) is 0 Å². The van der Waals surface area contributed by atoms with E-state index >= 15 is 0 Å². The molecule has 2 rings (SSSR count). The molecule has 0 bridgehead atoms. The van der Waals surface area contributed by atoms with Gasteiger partial charge in [0.15, 0.2) is 0 Å². The fourth-order valence-electron chi connectivity index (χ4n) is 1.51. The Morgan fingerprint density at radius 3 is 2.44 bits per heavy atom. The quantitative estimate of drug-likeness (QED) is 0.813. The second kappa shape index (κ2) is 5.12. The van der Waals surface area contributed by atoms with E-state index in [2.05, 4.69) is 18.4 Å². The van der Waals surface area contributed by atoms with Crippen LogP contribution in [0.1, 0.15) is 12.8 Å². The van der Waals surface area contributed by atoms with Crippen LogP contribution in [0.4, 0.5) is 0 Å². The van der Waals surface area contributed by atoms with Crippen LogP contribution < -0.4 is 10.5 Å². The Morgan fingerprint density at radius 2 is 1.88 bits per heavy atom. The Kier molecular flexibility index (Phi) is 3.57. The van der Waals surface area contributed by atoms with Crippen LogP contribution in [0.3, 0.4) is 0 Å². The van der Waals surface area contributed by atoms with Gasteiger partial charge in [0.25, 0.3) is 0 Å². The first kappa shape index (κ1) is 11.1. The first-order valence-electron chi connectivity index (χ1n) is 5.25. The van der Waals surface area contributed by atoms with Crippen LogP contribution in [0.15, 0.2) is 52.8 Å². The van der Waals surface area contributed by atoms with Gasteiger partial charge in [-0.3, -0.25) is 0 Å². The van der Waals surface area contributed by atoms with Gasteiger partial charge in [-0.1, -0.05) is 0 Å². The van der Waals surface area contributed by atoms with Crippen molar-refractivity contribution in [1.82, 2.24) is 0 Å². The maximum absolute atomic E-state index is 5.75. The van der Waals surface area contributed by atoms with Crippen molar-refractivity contribution in [2.45, 2.75) is 17.7 Å². The molecule has 0 aromatic heterocycles. The number of ether oxygens (including phenoxy) is 1. The molecule has 2 nitrogen and oxygen atoms in total. The summed E-state index contributed by atoms with van der Waals surface area (Å²) in [5.74, 6) is 1.86. The van der Waals surface area contributed by atoms with Gasteiger partial charge in [0.2, 0.25) is 0 Å². The van der Waals surface area contributed by atoms with Crippen molar-refractivity contribution in [2.24, 2.45) is 5.73 Å². The van der Waals surface area contributed by atoms with Gasteiger partial charge in [-0.2, -0.15) is 0 Å². The van der Waals surface area contributed by atoms with E-state index in [1.807, 2.05) is 24.3 Å². The van der Waals surface area contributed by atoms with E-state index in [-0.39, 0.29) is 0 Å². The summed E-state index contributed by atoms with van der Waals surface area (Å²) in [7, 11) is 0. The van der Waals surface area contributed by atoms with Crippen molar-refractivity contribution < 1.29 is 4.74 Å². The lowest BCUT2D eigenvalue weighted by Gasteiger charge is -2.13. The van der Waals surface area contributed by atoms with Gasteiger partial charge in [-0.15, -0.1) is 11.8 Å². The Hall–Kier alpha value is -1.35. The van der Waals surface area contributed by atoms with E-state index in [0.717, 1.165) is 30.0 Å². The lowest BCUT2D eigenvalue weighted by molar-refractivity contribution is 0.400. The molecule has 0 fully saturated rings. The van der Waals surface area contributed by atoms with Gasteiger partial charge in [0, 0.05) is 17.0 Å². The van der Waals surface area contributed by atoms with Crippen LogP contribution in [-0.2, 0) is 0 Å². The van der Waals surface area contributed by atoms with E-state index in [0.29, 0.717) is 0 Å². The highest BCUT2D eigenvalue weighted by Crippen LogP contribution is 2.23. The third kappa shape index (κ3) is 2.83. The summed E-state index contributed by atoms with van der Waals surface area (Å²) < 4.78 is 5.75. The van der Waals surface area contributed by atoms with Crippen LogP contribution in [0.2, 0.25) is 0 Å². The minimum absolute atomic E-state index is 0.882. The molecular weight excluding hydrogens is 218 g/mol. The zero-order chi connectivity index (χ0) is 11.4. The van der Waals surface area contributed by atoms with Gasteiger partial charge >= 0.3 is 0 Å². The van der Waals surface area contributed by atoms with Crippen LogP contribution in [0.5, 0.6) is 5.75 Å². The minimum atomic E-state index is 0.882. The third-order valence-corrected chi connectivity index (χ3v) is 3.20. The largest absolute Gasteiger partial charge is 0.462 e. The van der Waals surface area contributed by atoms with Crippen LogP contribution >= 0.6 is 11.8 Å². The Bertz CT molecular complexity index is 420. The molecule has 0 saturated carbocycles. The topological polar surface area (TPSA) is 35.2 Å². The lowest BCUT2D eigenvalue weighted by atomic mass is 10.1. The summed E-state index contributed by atoms with van der Waals surface area (Å²) in [5, 5.41) is 0. The molecule has 1 aromatic rings. The highest BCUT2D eigenvalue weighted by Gasteiger charge is 2.05. The van der Waals surface area contributed by atoms with Gasteiger partial charge < -0.3 is 10.5 Å². The van der Waals surface area contributed by atoms with Gasteiger partial charge in [-0.05, 0) is 49.1 Å². The molecule has 0 unspecified atom stereocenters. The molecule has 0 aliphatic heterocycles. The molecule has 0 saturated heterocycles. The smallest absolute Gasteiger partial charge is 0.127 e. The third-order valence-electron chi connectivity index (χ3n) is 2.45. The molecule has 0 amide bonds. The molecule has 16 heavy (non-hydrogen) atoms. The zero-order valence-electron chi connectivity index (χ0n) is 9.27. The van der Waals surface area contributed by atoms with Crippen molar-refractivity contribution in [3.05, 3.63) is 47.9 Å². The molecule has 1 aliphatic rings. The van der Waals surface area contributed by atoms with Crippen molar-refractivity contribution in [3.8, 4) is 5.75 Å². The molecule has 1 aliphatic carbocycles. The summed E-state index contributed by atoms with van der Waals surface area (Å²) in [6, 6.07) is 8.11. The van der Waals surface area contributed by atoms with E-state index < -0.39 is 0 Å². The Labute approximate surface area is 100 Å². The van der Waals surface area contributed by atoms with E-state index in [4.69, 9.17) is 10.5 Å². The highest BCUT2D eigenvalue weighted by atomic mass is 32.2. The van der Waals surface area contributed by atoms with E-state index in [9.17, 15) is 0 Å². The summed E-state index contributed by atoms with van der Waals surface area (Å²) in [4.78, 5) is 1.24. The molecule has 2 N–H and O–H groups in total. The van der Waals surface area contributed by atoms with Crippen molar-refractivity contribution in [2.75, 3.05) is 6.26 Å². The lowest BCUT2D eigenvalue weighted by Crippen LogP contribution is -2.05. The zero-order valence-corrected chi connectivity index (χ0v) is 10.1. The average Bonchev–Trinajstić information content (AvgIpc) is 2.33. The number of hydrogen-bond donors (Lipinski definition) is 1. The van der Waals surface area contributed by atoms with Crippen LogP contribution in [0, 0.1) is 0 Å². The highest BCUT2D eigenvalue weighted by molar-refractivity contribution is 7.98. The van der Waals surface area contributed by atoms with E-state index in [1.54, 1.807) is 11.8 Å². The number of rotatable bonds is 3. The SMILES string of the molecule is CSc1ccc(OC2=CC=C(N)CC2)cc1. The van der Waals surface area contributed by atoms with Gasteiger partial charge in [0.05, 0.1) is 0 Å². The van der Waals surface area contributed by atoms with Gasteiger partial charge in [0.1, 0.15) is 11.5 Å². The maximum Gasteiger partial charge on any atom is 0.127 e. The first-order chi connectivity index (χ1) is 7.78. The minimum Gasteiger partial charge on any atom is -0.462 e. The predicted molar refractivity (Wildman–Crippen MR) is 68.4 cm³/mol. The summed E-state index contributed by atoms with van der Waals surface area (Å²) in [6.45, 7) is 0. The van der Waals surface area contributed by atoms with E-state index in [1.165, 1.54) is 4.90 Å². The monoisotopic (exact) mass is 233 g/mol. The number of nitrogens with two attached hydrogens (primary N) is 1. The first-order valence-corrected chi connectivity index (χ1v) is 6.47. The number of allylic oxidation sites excluding steroid dienone is 4. The average molecular weight is 233 g/mol. The van der Waals surface area contributed by atoms with Crippen molar-refractivity contribution in [3.63, 3.8) is 0 Å². The van der Waals surface area contributed by atoms with Crippen LogP contribution in [-0.4, -0.2) is 6.26 Å². The standard InChI is InChI=1S/C13H15NOS/c1-16-13-8-6-12(7-9-13)15-11-4-2-10(14)3-5-11/h2,4,6-9H,3,5,14H2,1H3. The predicted octanol–water partition coefficient (Wildman–Crippen LogP) is 3.31. The van der Waals surface area contributed by atoms with Gasteiger partial charge in [-0.25, -0.2) is 0 Å². The maximum atomic E-state index is 5.75. The normalized spacial score (nSPS) is 15.3. The number of hydrogen-bond acceptors (Lipinski definition) is 3.